The summed E-state index contributed by atoms with van der Waals surface area (Å²) in [5.41, 5.74) is 3.93. The molecule has 1 heterocycles. The third kappa shape index (κ3) is 3.13. The molecule has 0 aliphatic carbocycles. The highest BCUT2D eigenvalue weighted by Gasteiger charge is 2.31. The van der Waals surface area contributed by atoms with Crippen LogP contribution < -0.4 is 0 Å². The number of hydrogen-bond acceptors (Lipinski definition) is 2. The number of unbranched alkanes of at least 4 members (excludes halogenated alkanes) is 1. The lowest BCUT2D eigenvalue weighted by Crippen LogP contribution is -2.10. The maximum atomic E-state index is 6.49. The van der Waals surface area contributed by atoms with Crippen LogP contribution >= 0.6 is 11.6 Å². The van der Waals surface area contributed by atoms with E-state index in [0.29, 0.717) is 0 Å². The van der Waals surface area contributed by atoms with Gasteiger partial charge in [-0.05, 0) is 25.3 Å². The predicted molar refractivity (Wildman–Crippen MR) is 83.3 cm³/mol. The Bertz CT molecular complexity index is 528. The van der Waals surface area contributed by atoms with Crippen molar-refractivity contribution < 1.29 is 0 Å². The standard InChI is InChI=1S/C16H19ClN2/c1-4-5-6-13(3)15-11-18-16(17,19-15)14-9-7-12(2)8-10-14/h7-11H,3-6H2,1-2H3. The van der Waals surface area contributed by atoms with Crippen LogP contribution in [0.5, 0.6) is 0 Å². The third-order valence-corrected chi connectivity index (χ3v) is 3.64. The molecule has 19 heavy (non-hydrogen) atoms. The number of nitrogens with zero attached hydrogens (tertiary/aromatic N) is 2. The molecule has 0 saturated carbocycles. The van der Waals surface area contributed by atoms with Crippen molar-refractivity contribution in [2.24, 2.45) is 9.98 Å². The lowest BCUT2D eigenvalue weighted by Gasteiger charge is -2.15. The Kier molecular flexibility index (Phi) is 4.20. The van der Waals surface area contributed by atoms with E-state index in [1.54, 1.807) is 6.21 Å². The van der Waals surface area contributed by atoms with E-state index in [1.807, 2.05) is 31.2 Å². The second-order valence-electron chi connectivity index (χ2n) is 4.92. The number of rotatable bonds is 5. The lowest BCUT2D eigenvalue weighted by atomic mass is 10.1. The molecular formula is C16H19ClN2. The first-order valence-electron chi connectivity index (χ1n) is 6.64. The van der Waals surface area contributed by atoms with Gasteiger partial charge in [0.1, 0.15) is 0 Å². The summed E-state index contributed by atoms with van der Waals surface area (Å²) in [4.78, 5) is 8.89. The van der Waals surface area contributed by atoms with Crippen LogP contribution in [0.4, 0.5) is 0 Å². The molecule has 0 N–H and O–H groups in total. The second-order valence-corrected chi connectivity index (χ2v) is 5.44. The first-order valence-corrected chi connectivity index (χ1v) is 7.02. The second kappa shape index (κ2) is 5.70. The van der Waals surface area contributed by atoms with Crippen LogP contribution in [0.1, 0.15) is 37.3 Å². The Hall–Kier alpha value is -1.41. The molecule has 0 bridgehead atoms. The molecule has 3 heteroatoms. The van der Waals surface area contributed by atoms with Gasteiger partial charge in [0.15, 0.2) is 0 Å². The highest BCUT2D eigenvalue weighted by Crippen LogP contribution is 2.36. The normalized spacial score (nSPS) is 21.5. The fraction of sp³-hybridized carbons (Fsp3) is 0.375. The molecule has 1 atom stereocenters. The van der Waals surface area contributed by atoms with Crippen molar-refractivity contribution in [3.05, 3.63) is 47.5 Å². The zero-order valence-corrected chi connectivity index (χ0v) is 12.2. The van der Waals surface area contributed by atoms with Crippen LogP contribution in [0, 0.1) is 6.92 Å². The first-order chi connectivity index (χ1) is 9.05. The van der Waals surface area contributed by atoms with Crippen molar-refractivity contribution in [2.75, 3.05) is 0 Å². The molecule has 0 spiro atoms. The third-order valence-electron chi connectivity index (χ3n) is 3.24. The Balaban J connectivity index is 2.19. The van der Waals surface area contributed by atoms with Gasteiger partial charge in [0.2, 0.25) is 0 Å². The maximum absolute atomic E-state index is 6.49. The van der Waals surface area contributed by atoms with Crippen molar-refractivity contribution >= 4 is 23.5 Å². The van der Waals surface area contributed by atoms with Crippen molar-refractivity contribution in [2.45, 2.75) is 38.2 Å². The number of allylic oxidation sites excluding steroid dienone is 1. The summed E-state index contributed by atoms with van der Waals surface area (Å²) in [6.45, 7) is 8.28. The molecule has 0 radical (unpaired) electrons. The van der Waals surface area contributed by atoms with Crippen LogP contribution in [0.3, 0.4) is 0 Å². The van der Waals surface area contributed by atoms with Gasteiger partial charge in [-0.1, -0.05) is 61.4 Å². The molecular weight excluding hydrogens is 256 g/mol. The van der Waals surface area contributed by atoms with Gasteiger partial charge in [-0.3, -0.25) is 0 Å². The Morgan fingerprint density at radius 2 is 2.00 bits per heavy atom. The lowest BCUT2D eigenvalue weighted by molar-refractivity contribution is 0.703. The minimum absolute atomic E-state index is 0.823. The maximum Gasteiger partial charge on any atom is 0.252 e. The minimum Gasteiger partial charge on any atom is -0.242 e. The Morgan fingerprint density at radius 3 is 2.63 bits per heavy atom. The average molecular weight is 275 g/mol. The van der Waals surface area contributed by atoms with Crippen molar-refractivity contribution in [1.82, 2.24) is 0 Å². The van der Waals surface area contributed by atoms with Crippen molar-refractivity contribution in [1.29, 1.82) is 0 Å². The summed E-state index contributed by atoms with van der Waals surface area (Å²) < 4.78 is 0. The summed E-state index contributed by atoms with van der Waals surface area (Å²) in [5, 5.41) is -1.00. The molecule has 1 aliphatic heterocycles. The molecule has 1 aliphatic rings. The summed E-state index contributed by atoms with van der Waals surface area (Å²) in [6, 6.07) is 7.99. The summed E-state index contributed by atoms with van der Waals surface area (Å²) in [6.07, 6.45) is 4.95. The topological polar surface area (TPSA) is 24.7 Å². The van der Waals surface area contributed by atoms with E-state index in [-0.39, 0.29) is 0 Å². The molecule has 2 nitrogen and oxygen atoms in total. The SMILES string of the molecule is C=C(CCCC)C1=NC(Cl)(c2ccc(C)cc2)N=C1. The van der Waals surface area contributed by atoms with E-state index in [4.69, 9.17) is 11.6 Å². The van der Waals surface area contributed by atoms with Crippen LogP contribution in [0.2, 0.25) is 0 Å². The molecule has 0 aromatic heterocycles. The number of alkyl halides is 1. The van der Waals surface area contributed by atoms with Gasteiger partial charge in [-0.25, -0.2) is 9.98 Å². The van der Waals surface area contributed by atoms with E-state index >= 15 is 0 Å². The minimum atomic E-state index is -1.00. The van der Waals surface area contributed by atoms with Crippen LogP contribution in [-0.2, 0) is 5.12 Å². The van der Waals surface area contributed by atoms with Gasteiger partial charge in [-0.2, -0.15) is 0 Å². The summed E-state index contributed by atoms with van der Waals surface area (Å²) >= 11 is 6.49. The van der Waals surface area contributed by atoms with Crippen LogP contribution in [0.15, 0.2) is 46.4 Å². The predicted octanol–water partition coefficient (Wildman–Crippen LogP) is 4.62. The number of benzene rings is 1. The molecule has 2 rings (SSSR count). The number of aliphatic imine (C=N–C) groups is 2. The quantitative estimate of drug-likeness (QED) is 0.553. The zero-order valence-electron chi connectivity index (χ0n) is 11.5. The van der Waals surface area contributed by atoms with E-state index < -0.39 is 5.12 Å². The fourth-order valence-electron chi connectivity index (χ4n) is 1.96. The molecule has 0 saturated heterocycles. The molecule has 0 fully saturated rings. The van der Waals surface area contributed by atoms with Crippen molar-refractivity contribution in [3.63, 3.8) is 0 Å². The largest absolute Gasteiger partial charge is 0.252 e. The van der Waals surface area contributed by atoms with E-state index in [2.05, 4.69) is 23.5 Å². The van der Waals surface area contributed by atoms with Crippen LogP contribution in [-0.4, -0.2) is 11.9 Å². The van der Waals surface area contributed by atoms with Crippen LogP contribution in [0.25, 0.3) is 0 Å². The molecule has 0 amide bonds. The summed E-state index contributed by atoms with van der Waals surface area (Å²) in [7, 11) is 0. The Morgan fingerprint density at radius 1 is 1.32 bits per heavy atom. The van der Waals surface area contributed by atoms with Gasteiger partial charge in [-0.15, -0.1) is 0 Å². The van der Waals surface area contributed by atoms with Gasteiger partial charge >= 0.3 is 0 Å². The summed E-state index contributed by atoms with van der Waals surface area (Å²) in [5.74, 6) is 0. The average Bonchev–Trinajstić information content (AvgIpc) is 2.80. The van der Waals surface area contributed by atoms with Gasteiger partial charge < -0.3 is 0 Å². The van der Waals surface area contributed by atoms with E-state index in [9.17, 15) is 0 Å². The molecule has 100 valence electrons. The molecule has 1 aromatic carbocycles. The smallest absolute Gasteiger partial charge is 0.242 e. The number of hydrogen-bond donors (Lipinski definition) is 0. The van der Waals surface area contributed by atoms with E-state index in [1.165, 1.54) is 5.56 Å². The van der Waals surface area contributed by atoms with Gasteiger partial charge in [0, 0.05) is 5.56 Å². The van der Waals surface area contributed by atoms with E-state index in [0.717, 1.165) is 36.1 Å². The zero-order chi connectivity index (χ0) is 13.9. The van der Waals surface area contributed by atoms with Gasteiger partial charge in [0.25, 0.3) is 5.12 Å². The monoisotopic (exact) mass is 274 g/mol. The molecule has 1 aromatic rings. The van der Waals surface area contributed by atoms with Crippen molar-refractivity contribution in [3.8, 4) is 0 Å². The van der Waals surface area contributed by atoms with Gasteiger partial charge in [0.05, 0.1) is 11.9 Å². The number of aryl methyl sites for hydroxylation is 1. The Labute approximate surface area is 119 Å². The highest BCUT2D eigenvalue weighted by atomic mass is 35.5. The first kappa shape index (κ1) is 14.0. The fourth-order valence-corrected chi connectivity index (χ4v) is 2.22. The highest BCUT2D eigenvalue weighted by molar-refractivity contribution is 6.42. The molecule has 1 unspecified atom stereocenters. The number of halogens is 1.